The monoisotopic (exact) mass is 210 g/mol. The predicted octanol–water partition coefficient (Wildman–Crippen LogP) is 3.89. The fraction of sp³-hybridized carbons (Fsp3) is 0.667. The maximum atomic E-state index is 6.21. The Labute approximate surface area is 89.0 Å². The summed E-state index contributed by atoms with van der Waals surface area (Å²) >= 11 is 0. The molecule has 0 aromatic rings. The highest BCUT2D eigenvalue weighted by Crippen LogP contribution is 2.26. The molecule has 0 unspecified atom stereocenters. The van der Waals surface area contributed by atoms with Gasteiger partial charge in [-0.3, -0.25) is 0 Å². The summed E-state index contributed by atoms with van der Waals surface area (Å²) in [5.41, 5.74) is 2.71. The summed E-state index contributed by atoms with van der Waals surface area (Å²) in [7, 11) is -1.43. The van der Waals surface area contributed by atoms with Crippen LogP contribution >= 0.6 is 0 Å². The predicted molar refractivity (Wildman–Crippen MR) is 65.0 cm³/mol. The minimum Gasteiger partial charge on any atom is -0.414 e. The molecule has 2 heteroatoms. The lowest BCUT2D eigenvalue weighted by molar-refractivity contribution is 0.196. The van der Waals surface area contributed by atoms with E-state index in [4.69, 9.17) is 4.43 Å². The van der Waals surface area contributed by atoms with Gasteiger partial charge in [-0.05, 0) is 45.8 Å². The van der Waals surface area contributed by atoms with Crippen molar-refractivity contribution in [3.8, 4) is 0 Å². The van der Waals surface area contributed by atoms with E-state index in [0.29, 0.717) is 6.10 Å². The van der Waals surface area contributed by atoms with Gasteiger partial charge in [-0.2, -0.15) is 0 Å². The average molecular weight is 210 g/mol. The smallest absolute Gasteiger partial charge is 0.190 e. The standard InChI is InChI=1S/C12H22OSi/c1-10(2)8-12-9-11(3)6-7-14(4,5)13-12/h6,12H,1,7-9H2,2-5H3/t12-/m1/s1. The normalized spacial score (nSPS) is 26.6. The molecule has 1 rings (SSSR count). The summed E-state index contributed by atoms with van der Waals surface area (Å²) in [6.45, 7) is 12.9. The lowest BCUT2D eigenvalue weighted by Gasteiger charge is -2.26. The Morgan fingerprint density at radius 2 is 2.29 bits per heavy atom. The summed E-state index contributed by atoms with van der Waals surface area (Å²) in [6.07, 6.45) is 4.85. The minimum atomic E-state index is -1.43. The third-order valence-electron chi connectivity index (χ3n) is 2.55. The van der Waals surface area contributed by atoms with E-state index in [0.717, 1.165) is 18.9 Å². The van der Waals surface area contributed by atoms with Crippen molar-refractivity contribution in [3.63, 3.8) is 0 Å². The first kappa shape index (κ1) is 11.7. The van der Waals surface area contributed by atoms with Crippen LogP contribution in [-0.4, -0.2) is 14.4 Å². The summed E-state index contributed by atoms with van der Waals surface area (Å²) in [6, 6.07) is 1.16. The zero-order valence-electron chi connectivity index (χ0n) is 9.89. The molecule has 80 valence electrons. The fourth-order valence-electron chi connectivity index (χ4n) is 1.91. The molecule has 1 heterocycles. The third-order valence-corrected chi connectivity index (χ3v) is 4.71. The summed E-state index contributed by atoms with van der Waals surface area (Å²) in [5, 5.41) is 0. The lowest BCUT2D eigenvalue weighted by Crippen LogP contribution is -2.33. The van der Waals surface area contributed by atoms with Crippen LogP contribution < -0.4 is 0 Å². The molecule has 0 N–H and O–H groups in total. The molecule has 1 nitrogen and oxygen atoms in total. The second kappa shape index (κ2) is 4.45. The van der Waals surface area contributed by atoms with Crippen molar-refractivity contribution in [3.05, 3.63) is 23.8 Å². The number of hydrogen-bond acceptors (Lipinski definition) is 1. The van der Waals surface area contributed by atoms with Crippen molar-refractivity contribution in [1.29, 1.82) is 0 Å². The largest absolute Gasteiger partial charge is 0.414 e. The highest BCUT2D eigenvalue weighted by Gasteiger charge is 2.28. The van der Waals surface area contributed by atoms with Crippen LogP contribution in [0, 0.1) is 0 Å². The van der Waals surface area contributed by atoms with Gasteiger partial charge in [0.05, 0.1) is 6.10 Å². The molecule has 1 aliphatic heterocycles. The molecule has 0 saturated carbocycles. The number of hydrogen-bond donors (Lipinski definition) is 0. The lowest BCUT2D eigenvalue weighted by atomic mass is 10.0. The van der Waals surface area contributed by atoms with Gasteiger partial charge < -0.3 is 4.43 Å². The van der Waals surface area contributed by atoms with Gasteiger partial charge in [0.15, 0.2) is 8.32 Å². The topological polar surface area (TPSA) is 9.23 Å². The van der Waals surface area contributed by atoms with Crippen molar-refractivity contribution < 1.29 is 4.43 Å². The van der Waals surface area contributed by atoms with Gasteiger partial charge in [-0.1, -0.05) is 17.2 Å². The Balaban J connectivity index is 2.68. The molecular formula is C12H22OSi. The molecule has 1 aliphatic rings. The highest BCUT2D eigenvalue weighted by atomic mass is 28.4. The van der Waals surface area contributed by atoms with Gasteiger partial charge in [-0.15, -0.1) is 6.58 Å². The average Bonchev–Trinajstić information content (AvgIpc) is 2.08. The maximum absolute atomic E-state index is 6.21. The second-order valence-corrected chi connectivity index (χ2v) is 9.28. The van der Waals surface area contributed by atoms with E-state index in [1.807, 2.05) is 0 Å². The van der Waals surface area contributed by atoms with Gasteiger partial charge in [0.1, 0.15) is 0 Å². The molecule has 0 fully saturated rings. The van der Waals surface area contributed by atoms with E-state index >= 15 is 0 Å². The first-order valence-corrected chi connectivity index (χ1v) is 8.48. The van der Waals surface area contributed by atoms with Crippen LogP contribution in [0.15, 0.2) is 23.8 Å². The van der Waals surface area contributed by atoms with Crippen LogP contribution in [0.3, 0.4) is 0 Å². The minimum absolute atomic E-state index is 0.382. The SMILES string of the molecule is C=C(C)C[C@@H]1CC(C)=CC[Si](C)(C)O1. The Kier molecular flexibility index (Phi) is 3.73. The number of allylic oxidation sites excluding steroid dienone is 1. The van der Waals surface area contributed by atoms with Crippen LogP contribution in [0.5, 0.6) is 0 Å². The highest BCUT2D eigenvalue weighted by molar-refractivity contribution is 6.71. The zero-order chi connectivity index (χ0) is 10.8. The Morgan fingerprint density at radius 1 is 1.64 bits per heavy atom. The van der Waals surface area contributed by atoms with Gasteiger partial charge >= 0.3 is 0 Å². The molecule has 0 radical (unpaired) electrons. The van der Waals surface area contributed by atoms with Crippen LogP contribution in [-0.2, 0) is 4.43 Å². The zero-order valence-corrected chi connectivity index (χ0v) is 10.9. The molecule has 0 bridgehead atoms. The molecule has 0 amide bonds. The Morgan fingerprint density at radius 3 is 2.86 bits per heavy atom. The Bertz CT molecular complexity index is 253. The molecule has 0 aromatic carbocycles. The summed E-state index contributed by atoms with van der Waals surface area (Å²) < 4.78 is 6.21. The molecule has 1 atom stereocenters. The van der Waals surface area contributed by atoms with Crippen LogP contribution in [0.1, 0.15) is 26.7 Å². The first-order valence-electron chi connectivity index (χ1n) is 5.37. The molecule has 0 spiro atoms. The van der Waals surface area contributed by atoms with Crippen molar-refractivity contribution in [2.45, 2.75) is 51.9 Å². The summed E-state index contributed by atoms with van der Waals surface area (Å²) in [4.78, 5) is 0. The molecule has 0 aliphatic carbocycles. The van der Waals surface area contributed by atoms with Gasteiger partial charge in [0, 0.05) is 0 Å². The van der Waals surface area contributed by atoms with Gasteiger partial charge in [0.25, 0.3) is 0 Å². The van der Waals surface area contributed by atoms with Crippen molar-refractivity contribution in [2.75, 3.05) is 0 Å². The van der Waals surface area contributed by atoms with E-state index < -0.39 is 8.32 Å². The van der Waals surface area contributed by atoms with Crippen molar-refractivity contribution in [2.24, 2.45) is 0 Å². The summed E-state index contributed by atoms with van der Waals surface area (Å²) in [5.74, 6) is 0. The van der Waals surface area contributed by atoms with E-state index in [2.05, 4.69) is 39.6 Å². The number of rotatable bonds is 2. The van der Waals surface area contributed by atoms with Crippen molar-refractivity contribution >= 4 is 8.32 Å². The molecular weight excluding hydrogens is 188 g/mol. The van der Waals surface area contributed by atoms with Crippen LogP contribution in [0.2, 0.25) is 19.1 Å². The van der Waals surface area contributed by atoms with Gasteiger partial charge in [-0.25, -0.2) is 0 Å². The maximum Gasteiger partial charge on any atom is 0.190 e. The molecule has 0 aromatic heterocycles. The first-order chi connectivity index (χ1) is 6.39. The van der Waals surface area contributed by atoms with Crippen LogP contribution in [0.4, 0.5) is 0 Å². The molecule has 0 saturated heterocycles. The fourth-order valence-corrected chi connectivity index (χ4v) is 3.91. The van der Waals surface area contributed by atoms with E-state index in [9.17, 15) is 0 Å². The van der Waals surface area contributed by atoms with E-state index in [1.165, 1.54) is 11.1 Å². The quantitative estimate of drug-likeness (QED) is 0.496. The van der Waals surface area contributed by atoms with Crippen LogP contribution in [0.25, 0.3) is 0 Å². The van der Waals surface area contributed by atoms with E-state index in [-0.39, 0.29) is 0 Å². The molecule has 14 heavy (non-hydrogen) atoms. The second-order valence-electron chi connectivity index (χ2n) is 5.12. The van der Waals surface area contributed by atoms with Gasteiger partial charge in [0.2, 0.25) is 0 Å². The third kappa shape index (κ3) is 3.80. The van der Waals surface area contributed by atoms with Crippen molar-refractivity contribution in [1.82, 2.24) is 0 Å². The van der Waals surface area contributed by atoms with E-state index in [1.54, 1.807) is 0 Å². The Hall–Kier alpha value is -0.343.